The molecule has 0 radical (unpaired) electrons. The number of carbonyl (C=O) groups is 1. The summed E-state index contributed by atoms with van der Waals surface area (Å²) in [7, 11) is -2.35. The number of aromatic nitrogens is 1. The van der Waals surface area contributed by atoms with Crippen LogP contribution in [0.2, 0.25) is 0 Å². The van der Waals surface area contributed by atoms with E-state index in [2.05, 4.69) is 4.98 Å². The summed E-state index contributed by atoms with van der Waals surface area (Å²) >= 11 is 0. The van der Waals surface area contributed by atoms with Gasteiger partial charge in [-0.15, -0.1) is 0 Å². The molecule has 1 aliphatic rings. The Kier molecular flexibility index (Phi) is 6.64. The van der Waals surface area contributed by atoms with E-state index in [4.69, 9.17) is 9.47 Å². The quantitative estimate of drug-likeness (QED) is 0.688. The molecule has 1 saturated heterocycles. The second-order valence-electron chi connectivity index (χ2n) is 6.58. The van der Waals surface area contributed by atoms with Crippen molar-refractivity contribution in [1.29, 1.82) is 0 Å². The molecule has 1 aromatic heterocycles. The molecule has 2 aromatic rings. The van der Waals surface area contributed by atoms with Crippen molar-refractivity contribution in [3.8, 4) is 5.75 Å². The normalized spacial score (nSPS) is 15.6. The third-order valence-electron chi connectivity index (χ3n) is 4.66. The summed E-state index contributed by atoms with van der Waals surface area (Å²) in [6.45, 7) is 0.958. The first-order chi connectivity index (χ1) is 13.5. The van der Waals surface area contributed by atoms with Crippen molar-refractivity contribution >= 4 is 16.0 Å². The first kappa shape index (κ1) is 20.3. The molecule has 1 aliphatic heterocycles. The molecule has 2 heterocycles. The van der Waals surface area contributed by atoms with Crippen LogP contribution in [0, 0.1) is 0 Å². The van der Waals surface area contributed by atoms with E-state index in [-0.39, 0.29) is 22.8 Å². The maximum atomic E-state index is 13.2. The molecular formula is C20H24N2O5S. The van der Waals surface area contributed by atoms with E-state index < -0.39 is 16.0 Å². The summed E-state index contributed by atoms with van der Waals surface area (Å²) in [5.74, 6) is -0.397. The second-order valence-corrected chi connectivity index (χ2v) is 8.49. The maximum Gasteiger partial charge on any atom is 0.338 e. The van der Waals surface area contributed by atoms with Crippen LogP contribution in [0.1, 0.15) is 41.7 Å². The first-order valence-electron chi connectivity index (χ1n) is 9.27. The smallest absolute Gasteiger partial charge is 0.338 e. The number of carbonyl (C=O) groups excluding carboxylic acids is 1. The lowest BCUT2D eigenvalue weighted by atomic mass is 10.2. The van der Waals surface area contributed by atoms with Crippen LogP contribution in [-0.4, -0.2) is 43.9 Å². The highest BCUT2D eigenvalue weighted by Crippen LogP contribution is 2.29. The van der Waals surface area contributed by atoms with Crippen LogP contribution in [0.4, 0.5) is 0 Å². The van der Waals surface area contributed by atoms with Crippen molar-refractivity contribution in [2.24, 2.45) is 0 Å². The number of rotatable bonds is 6. The molecule has 0 saturated carbocycles. The zero-order chi connectivity index (χ0) is 20.0. The van der Waals surface area contributed by atoms with Crippen LogP contribution in [0.25, 0.3) is 0 Å². The molecule has 0 unspecified atom stereocenters. The van der Waals surface area contributed by atoms with Crippen LogP contribution in [0.3, 0.4) is 0 Å². The molecule has 1 aromatic carbocycles. The van der Waals surface area contributed by atoms with E-state index in [0.29, 0.717) is 18.8 Å². The Hall–Kier alpha value is -2.45. The van der Waals surface area contributed by atoms with Gasteiger partial charge >= 0.3 is 5.97 Å². The fourth-order valence-electron chi connectivity index (χ4n) is 3.13. The number of hydrogen-bond donors (Lipinski definition) is 0. The van der Waals surface area contributed by atoms with Crippen LogP contribution in [0.5, 0.6) is 5.75 Å². The molecule has 8 heteroatoms. The zero-order valence-electron chi connectivity index (χ0n) is 15.8. The molecule has 28 heavy (non-hydrogen) atoms. The van der Waals surface area contributed by atoms with E-state index in [1.54, 1.807) is 24.4 Å². The first-order valence-corrected chi connectivity index (χ1v) is 10.7. The number of hydrogen-bond acceptors (Lipinski definition) is 6. The van der Waals surface area contributed by atoms with Gasteiger partial charge in [0, 0.05) is 19.3 Å². The number of sulfonamides is 1. The number of esters is 1. The van der Waals surface area contributed by atoms with Gasteiger partial charge in [-0.05, 0) is 43.2 Å². The standard InChI is InChI=1S/C20H24N2O5S/c1-26-18-10-9-16(20(23)27-15-17-8-4-5-11-21-17)14-19(18)28(24,25)22-12-6-2-3-7-13-22/h4-5,8-11,14H,2-3,6-7,12-13,15H2,1H3. The molecule has 0 spiro atoms. The minimum absolute atomic E-state index is 0.0100. The SMILES string of the molecule is COc1ccc(C(=O)OCc2ccccn2)cc1S(=O)(=O)N1CCCCCC1. The summed E-state index contributed by atoms with van der Waals surface area (Å²) in [5.41, 5.74) is 0.770. The zero-order valence-corrected chi connectivity index (χ0v) is 16.7. The third kappa shape index (κ3) is 4.69. The Bertz CT molecular complexity index is 907. The van der Waals surface area contributed by atoms with Gasteiger partial charge in [0.1, 0.15) is 17.3 Å². The van der Waals surface area contributed by atoms with Gasteiger partial charge in [0.25, 0.3) is 0 Å². The van der Waals surface area contributed by atoms with Gasteiger partial charge in [-0.2, -0.15) is 4.31 Å². The summed E-state index contributed by atoms with van der Waals surface area (Å²) in [5, 5.41) is 0. The van der Waals surface area contributed by atoms with Gasteiger partial charge in [-0.3, -0.25) is 4.98 Å². The highest BCUT2D eigenvalue weighted by molar-refractivity contribution is 7.89. The summed E-state index contributed by atoms with van der Waals surface area (Å²) < 4.78 is 38.3. The van der Waals surface area contributed by atoms with Crippen molar-refractivity contribution in [3.05, 3.63) is 53.9 Å². The van der Waals surface area contributed by atoms with E-state index in [1.807, 2.05) is 0 Å². The van der Waals surface area contributed by atoms with Gasteiger partial charge in [0.05, 0.1) is 18.4 Å². The molecule has 3 rings (SSSR count). The number of pyridine rings is 1. The predicted molar refractivity (Wildman–Crippen MR) is 104 cm³/mol. The van der Waals surface area contributed by atoms with Gasteiger partial charge in [0.15, 0.2) is 0 Å². The average molecular weight is 404 g/mol. The molecule has 0 amide bonds. The van der Waals surface area contributed by atoms with Crippen molar-refractivity contribution < 1.29 is 22.7 Å². The minimum Gasteiger partial charge on any atom is -0.495 e. The Morgan fingerprint density at radius 3 is 2.50 bits per heavy atom. The van der Waals surface area contributed by atoms with Gasteiger partial charge in [-0.1, -0.05) is 18.9 Å². The van der Waals surface area contributed by atoms with Crippen molar-refractivity contribution in [2.45, 2.75) is 37.2 Å². The fourth-order valence-corrected chi connectivity index (χ4v) is 4.83. The lowest BCUT2D eigenvalue weighted by Crippen LogP contribution is -2.32. The summed E-state index contributed by atoms with van der Waals surface area (Å²) in [6, 6.07) is 9.64. The van der Waals surface area contributed by atoms with Crippen molar-refractivity contribution in [3.63, 3.8) is 0 Å². The summed E-state index contributed by atoms with van der Waals surface area (Å²) in [4.78, 5) is 16.5. The van der Waals surface area contributed by atoms with Crippen LogP contribution in [0.15, 0.2) is 47.5 Å². The topological polar surface area (TPSA) is 85.8 Å². The fraction of sp³-hybridized carbons (Fsp3) is 0.400. The second kappa shape index (κ2) is 9.16. The highest BCUT2D eigenvalue weighted by atomic mass is 32.2. The van der Waals surface area contributed by atoms with Crippen LogP contribution in [-0.2, 0) is 21.4 Å². The van der Waals surface area contributed by atoms with Crippen molar-refractivity contribution in [1.82, 2.24) is 9.29 Å². The van der Waals surface area contributed by atoms with E-state index in [9.17, 15) is 13.2 Å². The lowest BCUT2D eigenvalue weighted by molar-refractivity contribution is 0.0467. The predicted octanol–water partition coefficient (Wildman–Crippen LogP) is 3.01. The molecule has 0 aliphatic carbocycles. The Balaban J connectivity index is 1.83. The molecule has 1 fully saturated rings. The minimum atomic E-state index is -3.76. The van der Waals surface area contributed by atoms with E-state index in [1.165, 1.54) is 29.6 Å². The van der Waals surface area contributed by atoms with Gasteiger partial charge in [-0.25, -0.2) is 13.2 Å². The molecular weight excluding hydrogens is 380 g/mol. The average Bonchev–Trinajstić information content (AvgIpc) is 3.02. The van der Waals surface area contributed by atoms with E-state index in [0.717, 1.165) is 25.7 Å². The highest BCUT2D eigenvalue weighted by Gasteiger charge is 2.29. The largest absolute Gasteiger partial charge is 0.495 e. The Morgan fingerprint density at radius 1 is 1.11 bits per heavy atom. The molecule has 0 bridgehead atoms. The maximum absolute atomic E-state index is 13.2. The van der Waals surface area contributed by atoms with Crippen LogP contribution >= 0.6 is 0 Å². The molecule has 150 valence electrons. The van der Waals surface area contributed by atoms with Gasteiger partial charge in [0.2, 0.25) is 10.0 Å². The Labute approximate surface area is 165 Å². The van der Waals surface area contributed by atoms with Crippen molar-refractivity contribution in [2.75, 3.05) is 20.2 Å². The number of methoxy groups -OCH3 is 1. The Morgan fingerprint density at radius 2 is 1.86 bits per heavy atom. The lowest BCUT2D eigenvalue weighted by Gasteiger charge is -2.21. The number of nitrogens with zero attached hydrogens (tertiary/aromatic N) is 2. The number of benzene rings is 1. The number of ether oxygens (including phenoxy) is 2. The van der Waals surface area contributed by atoms with E-state index >= 15 is 0 Å². The molecule has 0 N–H and O–H groups in total. The summed E-state index contributed by atoms with van der Waals surface area (Å²) in [6.07, 6.45) is 5.30. The molecule has 7 nitrogen and oxygen atoms in total. The molecule has 0 atom stereocenters. The third-order valence-corrected chi connectivity index (χ3v) is 6.58. The van der Waals surface area contributed by atoms with Crippen LogP contribution < -0.4 is 4.74 Å². The monoisotopic (exact) mass is 404 g/mol. The van der Waals surface area contributed by atoms with Gasteiger partial charge < -0.3 is 9.47 Å².